The zero-order valence-corrected chi connectivity index (χ0v) is 10.2. The van der Waals surface area contributed by atoms with Crippen molar-refractivity contribution >= 4 is 15.9 Å². The molecule has 0 aromatic heterocycles. The molecule has 0 saturated carbocycles. The molecule has 0 heterocycles. The third-order valence-corrected chi connectivity index (χ3v) is 2.63. The fraction of sp³-hybridized carbons (Fsp3) is 0.455. The number of hydrogen-bond acceptors (Lipinski definition) is 1. The Bertz CT molecular complexity index is 325. The van der Waals surface area contributed by atoms with E-state index >= 15 is 0 Å². The van der Waals surface area contributed by atoms with E-state index in [1.807, 2.05) is 0 Å². The second kappa shape index (κ2) is 6.25. The molecule has 1 aromatic carbocycles. The van der Waals surface area contributed by atoms with Crippen LogP contribution in [0.2, 0.25) is 0 Å². The van der Waals surface area contributed by atoms with Crippen molar-refractivity contribution < 1.29 is 13.2 Å². The predicted octanol–water partition coefficient (Wildman–Crippen LogP) is 3.58. The number of alkyl halides is 4. The normalized spacial score (nSPS) is 11.8. The minimum Gasteiger partial charge on any atom is -0.313 e. The van der Waals surface area contributed by atoms with E-state index in [4.69, 9.17) is 0 Å². The summed E-state index contributed by atoms with van der Waals surface area (Å²) in [6.07, 6.45) is -3.30. The van der Waals surface area contributed by atoms with Crippen LogP contribution in [0.5, 0.6) is 0 Å². The van der Waals surface area contributed by atoms with E-state index in [9.17, 15) is 13.2 Å². The summed E-state index contributed by atoms with van der Waals surface area (Å²) < 4.78 is 37.2. The number of hydrogen-bond donors (Lipinski definition) is 1. The summed E-state index contributed by atoms with van der Waals surface area (Å²) in [5.74, 6) is 0. The topological polar surface area (TPSA) is 12.0 Å². The smallest absolute Gasteiger partial charge is 0.313 e. The van der Waals surface area contributed by atoms with E-state index in [0.717, 1.165) is 24.4 Å². The molecule has 0 amide bonds. The fourth-order valence-electron chi connectivity index (χ4n) is 1.28. The Morgan fingerprint density at radius 2 is 2.00 bits per heavy atom. The van der Waals surface area contributed by atoms with Gasteiger partial charge in [0.2, 0.25) is 0 Å². The van der Waals surface area contributed by atoms with Crippen molar-refractivity contribution in [2.45, 2.75) is 19.1 Å². The standard InChI is InChI=1S/C11H13BrF3N/c12-5-2-6-16-8-9-3-1-4-10(7-9)11(13,14)15/h1,3-4,7,16H,2,5-6,8H2. The maximum Gasteiger partial charge on any atom is 0.416 e. The lowest BCUT2D eigenvalue weighted by atomic mass is 10.1. The van der Waals surface area contributed by atoms with Gasteiger partial charge in [0.1, 0.15) is 0 Å². The van der Waals surface area contributed by atoms with Gasteiger partial charge < -0.3 is 5.32 Å². The fourth-order valence-corrected chi connectivity index (χ4v) is 1.56. The van der Waals surface area contributed by atoms with Crippen LogP contribution in [0.4, 0.5) is 13.2 Å². The van der Waals surface area contributed by atoms with Crippen LogP contribution in [0, 0.1) is 0 Å². The van der Waals surface area contributed by atoms with Crippen molar-refractivity contribution in [3.05, 3.63) is 35.4 Å². The Hall–Kier alpha value is -0.550. The number of nitrogens with one attached hydrogen (secondary N) is 1. The zero-order chi connectivity index (χ0) is 12.0. The van der Waals surface area contributed by atoms with Crippen molar-refractivity contribution in [2.24, 2.45) is 0 Å². The van der Waals surface area contributed by atoms with E-state index in [0.29, 0.717) is 12.1 Å². The van der Waals surface area contributed by atoms with Crippen molar-refractivity contribution in [3.63, 3.8) is 0 Å². The predicted molar refractivity (Wildman–Crippen MR) is 61.6 cm³/mol. The van der Waals surface area contributed by atoms with Crippen LogP contribution in [0.15, 0.2) is 24.3 Å². The number of rotatable bonds is 5. The minimum atomic E-state index is -4.26. The molecule has 0 atom stereocenters. The molecule has 0 bridgehead atoms. The van der Waals surface area contributed by atoms with Gasteiger partial charge in [-0.1, -0.05) is 34.1 Å². The maximum absolute atomic E-state index is 12.4. The third kappa shape index (κ3) is 4.53. The van der Waals surface area contributed by atoms with Crippen LogP contribution in [0.25, 0.3) is 0 Å². The summed E-state index contributed by atoms with van der Waals surface area (Å²) in [5, 5.41) is 3.98. The molecule has 0 aliphatic rings. The van der Waals surface area contributed by atoms with Crippen LogP contribution in [0.1, 0.15) is 17.5 Å². The van der Waals surface area contributed by atoms with E-state index in [2.05, 4.69) is 21.2 Å². The summed E-state index contributed by atoms with van der Waals surface area (Å²) in [4.78, 5) is 0. The van der Waals surface area contributed by atoms with Gasteiger partial charge in [0.15, 0.2) is 0 Å². The Balaban J connectivity index is 2.54. The molecule has 1 aromatic rings. The number of halogens is 4. The van der Waals surface area contributed by atoms with E-state index < -0.39 is 11.7 Å². The highest BCUT2D eigenvalue weighted by molar-refractivity contribution is 9.09. The van der Waals surface area contributed by atoms with Crippen LogP contribution in [-0.2, 0) is 12.7 Å². The SMILES string of the molecule is FC(F)(F)c1cccc(CNCCCBr)c1. The second-order valence-corrected chi connectivity index (χ2v) is 4.21. The molecular formula is C11H13BrF3N. The molecule has 0 fully saturated rings. The Labute approximate surface area is 101 Å². The quantitative estimate of drug-likeness (QED) is 0.647. The van der Waals surface area contributed by atoms with Crippen molar-refractivity contribution in [2.75, 3.05) is 11.9 Å². The van der Waals surface area contributed by atoms with Crippen LogP contribution < -0.4 is 5.32 Å². The van der Waals surface area contributed by atoms with Gasteiger partial charge in [-0.05, 0) is 24.6 Å². The molecule has 0 spiro atoms. The summed E-state index contributed by atoms with van der Waals surface area (Å²) in [6.45, 7) is 1.26. The van der Waals surface area contributed by atoms with Gasteiger partial charge >= 0.3 is 6.18 Å². The van der Waals surface area contributed by atoms with Crippen molar-refractivity contribution in [3.8, 4) is 0 Å². The molecule has 1 nitrogen and oxygen atoms in total. The van der Waals surface area contributed by atoms with E-state index in [1.54, 1.807) is 6.07 Å². The van der Waals surface area contributed by atoms with Gasteiger partial charge in [-0.2, -0.15) is 13.2 Å². The molecule has 0 aliphatic carbocycles. The summed E-state index contributed by atoms with van der Waals surface area (Å²) >= 11 is 3.28. The first-order chi connectivity index (χ1) is 7.54. The van der Waals surface area contributed by atoms with Crippen LogP contribution in [-0.4, -0.2) is 11.9 Å². The lowest BCUT2D eigenvalue weighted by Gasteiger charge is -2.09. The van der Waals surface area contributed by atoms with E-state index in [-0.39, 0.29) is 0 Å². The van der Waals surface area contributed by atoms with Crippen LogP contribution >= 0.6 is 15.9 Å². The Morgan fingerprint density at radius 1 is 1.25 bits per heavy atom. The molecule has 16 heavy (non-hydrogen) atoms. The van der Waals surface area contributed by atoms with Gasteiger partial charge in [-0.25, -0.2) is 0 Å². The van der Waals surface area contributed by atoms with Crippen LogP contribution in [0.3, 0.4) is 0 Å². The minimum absolute atomic E-state index is 0.469. The Morgan fingerprint density at radius 3 is 2.62 bits per heavy atom. The first kappa shape index (κ1) is 13.5. The lowest BCUT2D eigenvalue weighted by Crippen LogP contribution is -2.15. The van der Waals surface area contributed by atoms with Crippen molar-refractivity contribution in [1.82, 2.24) is 5.32 Å². The van der Waals surface area contributed by atoms with Gasteiger partial charge in [-0.15, -0.1) is 0 Å². The molecule has 1 N–H and O–H groups in total. The Kier molecular flexibility index (Phi) is 5.28. The molecule has 0 unspecified atom stereocenters. The highest BCUT2D eigenvalue weighted by Gasteiger charge is 2.30. The van der Waals surface area contributed by atoms with Gasteiger partial charge in [0, 0.05) is 11.9 Å². The molecule has 1 rings (SSSR count). The van der Waals surface area contributed by atoms with Gasteiger partial charge in [0.05, 0.1) is 5.56 Å². The second-order valence-electron chi connectivity index (χ2n) is 3.42. The molecule has 5 heteroatoms. The summed E-state index contributed by atoms with van der Waals surface area (Å²) in [6, 6.07) is 5.39. The highest BCUT2D eigenvalue weighted by Crippen LogP contribution is 2.29. The molecule has 90 valence electrons. The van der Waals surface area contributed by atoms with Gasteiger partial charge in [0.25, 0.3) is 0 Å². The number of benzene rings is 1. The third-order valence-electron chi connectivity index (χ3n) is 2.07. The largest absolute Gasteiger partial charge is 0.416 e. The molecule has 0 radical (unpaired) electrons. The molecule has 0 saturated heterocycles. The van der Waals surface area contributed by atoms with Crippen molar-refractivity contribution in [1.29, 1.82) is 0 Å². The zero-order valence-electron chi connectivity index (χ0n) is 8.65. The maximum atomic E-state index is 12.4. The highest BCUT2D eigenvalue weighted by atomic mass is 79.9. The average Bonchev–Trinajstić information content (AvgIpc) is 2.24. The first-order valence-electron chi connectivity index (χ1n) is 4.97. The monoisotopic (exact) mass is 295 g/mol. The van der Waals surface area contributed by atoms with E-state index in [1.165, 1.54) is 12.1 Å². The average molecular weight is 296 g/mol. The molecular weight excluding hydrogens is 283 g/mol. The summed E-state index contributed by atoms with van der Waals surface area (Å²) in [7, 11) is 0. The lowest BCUT2D eigenvalue weighted by molar-refractivity contribution is -0.137. The molecule has 0 aliphatic heterocycles. The summed E-state index contributed by atoms with van der Waals surface area (Å²) in [5.41, 5.74) is 0.0664. The van der Waals surface area contributed by atoms with Gasteiger partial charge in [-0.3, -0.25) is 0 Å². The first-order valence-corrected chi connectivity index (χ1v) is 6.09.